The lowest BCUT2D eigenvalue weighted by Crippen LogP contribution is -2.58. The van der Waals surface area contributed by atoms with Gasteiger partial charge in [-0.25, -0.2) is 0 Å². The van der Waals surface area contributed by atoms with Crippen molar-refractivity contribution < 1.29 is 9.47 Å². The van der Waals surface area contributed by atoms with Crippen molar-refractivity contribution in [3.63, 3.8) is 0 Å². The molecule has 6 heteroatoms. The molecule has 0 amide bonds. The molecule has 2 heterocycles. The van der Waals surface area contributed by atoms with Gasteiger partial charge in [0.05, 0.1) is 24.1 Å². The molecule has 6 nitrogen and oxygen atoms in total. The van der Waals surface area contributed by atoms with Gasteiger partial charge in [-0.1, -0.05) is 44.2 Å². The van der Waals surface area contributed by atoms with E-state index in [-0.39, 0.29) is 5.90 Å². The van der Waals surface area contributed by atoms with Gasteiger partial charge in [0.1, 0.15) is 6.10 Å². The Hall–Kier alpha value is -2.88. The van der Waals surface area contributed by atoms with Gasteiger partial charge in [0.25, 0.3) is 0 Å². The van der Waals surface area contributed by atoms with Crippen LogP contribution in [-0.4, -0.2) is 11.7 Å². The third-order valence-corrected chi connectivity index (χ3v) is 5.40. The monoisotopic (exact) mass is 320 g/mol. The van der Waals surface area contributed by atoms with E-state index >= 15 is 0 Å². The van der Waals surface area contributed by atoms with E-state index < -0.39 is 28.6 Å². The molecule has 2 fully saturated rings. The molecule has 1 aromatic carbocycles. The van der Waals surface area contributed by atoms with Crippen LogP contribution < -0.4 is 0 Å². The zero-order valence-electron chi connectivity index (χ0n) is 13.4. The van der Waals surface area contributed by atoms with Crippen molar-refractivity contribution in [2.75, 3.05) is 0 Å². The van der Waals surface area contributed by atoms with E-state index in [0.717, 1.165) is 0 Å². The first-order valence-corrected chi connectivity index (χ1v) is 7.72. The summed E-state index contributed by atoms with van der Waals surface area (Å²) in [7, 11) is 0. The highest BCUT2D eigenvalue weighted by Gasteiger charge is 2.78. The second kappa shape index (κ2) is 5.06. The minimum atomic E-state index is -1.87. The van der Waals surface area contributed by atoms with Crippen molar-refractivity contribution >= 4 is 5.90 Å². The second-order valence-electron chi connectivity index (χ2n) is 6.18. The van der Waals surface area contributed by atoms with Crippen molar-refractivity contribution in [1.29, 1.82) is 21.2 Å². The molecule has 3 rings (SSSR count). The lowest BCUT2D eigenvalue weighted by Gasteiger charge is -2.48. The van der Waals surface area contributed by atoms with Crippen LogP contribution in [0.3, 0.4) is 0 Å². The Kier molecular flexibility index (Phi) is 3.37. The van der Waals surface area contributed by atoms with Crippen LogP contribution in [0.25, 0.3) is 0 Å². The normalized spacial score (nSPS) is 36.0. The summed E-state index contributed by atoms with van der Waals surface area (Å²) < 4.78 is 11.8. The Morgan fingerprint density at radius 1 is 1.12 bits per heavy atom. The summed E-state index contributed by atoms with van der Waals surface area (Å²) in [6.45, 7) is 3.55. The highest BCUT2D eigenvalue weighted by molar-refractivity contribution is 5.89. The zero-order chi connectivity index (χ0) is 17.6. The first-order valence-electron chi connectivity index (χ1n) is 7.72. The summed E-state index contributed by atoms with van der Waals surface area (Å²) in [4.78, 5) is 0. The third-order valence-electron chi connectivity index (χ3n) is 5.40. The molecule has 2 bridgehead atoms. The van der Waals surface area contributed by atoms with E-state index in [2.05, 4.69) is 6.07 Å². The zero-order valence-corrected chi connectivity index (χ0v) is 13.4. The number of rotatable bonds is 2. The van der Waals surface area contributed by atoms with Crippen LogP contribution in [0.5, 0.6) is 0 Å². The van der Waals surface area contributed by atoms with Crippen LogP contribution in [0.1, 0.15) is 31.9 Å². The molecule has 24 heavy (non-hydrogen) atoms. The lowest BCUT2D eigenvalue weighted by molar-refractivity contribution is -0.280. The summed E-state index contributed by atoms with van der Waals surface area (Å²) in [6, 6.07) is 15.0. The Morgan fingerprint density at radius 2 is 1.75 bits per heavy atom. The molecule has 2 saturated heterocycles. The van der Waals surface area contributed by atoms with Gasteiger partial charge in [-0.3, -0.25) is 5.41 Å². The summed E-state index contributed by atoms with van der Waals surface area (Å²) in [5.41, 5.74) is -2.93. The fraction of sp³-hybridized carbons (Fsp3) is 0.444. The van der Waals surface area contributed by atoms with Gasteiger partial charge in [-0.15, -0.1) is 0 Å². The predicted molar refractivity (Wildman–Crippen MR) is 83.0 cm³/mol. The molecule has 0 aliphatic carbocycles. The quantitative estimate of drug-likeness (QED) is 0.899. The number of nitrogens with zero attached hydrogens (tertiary/aromatic N) is 3. The Balaban J connectivity index is 2.34. The number of ether oxygens (including phenoxy) is 2. The van der Waals surface area contributed by atoms with Gasteiger partial charge < -0.3 is 9.47 Å². The molecule has 2 aliphatic heterocycles. The number of nitriles is 3. The molecule has 0 aromatic heterocycles. The van der Waals surface area contributed by atoms with Gasteiger partial charge in [0.2, 0.25) is 17.1 Å². The number of hydrogen-bond acceptors (Lipinski definition) is 6. The maximum Gasteiger partial charge on any atom is 0.217 e. The molecule has 0 spiro atoms. The molecule has 120 valence electrons. The maximum atomic E-state index is 9.95. The van der Waals surface area contributed by atoms with Crippen molar-refractivity contribution in [2.45, 2.75) is 32.2 Å². The lowest BCUT2D eigenvalue weighted by atomic mass is 9.53. The maximum absolute atomic E-state index is 9.95. The van der Waals surface area contributed by atoms with Crippen LogP contribution in [0.2, 0.25) is 0 Å². The summed E-state index contributed by atoms with van der Waals surface area (Å²) >= 11 is 0. The largest absolute Gasteiger partial charge is 0.447 e. The highest BCUT2D eigenvalue weighted by atomic mass is 16.7. The van der Waals surface area contributed by atoms with E-state index in [9.17, 15) is 15.8 Å². The molecule has 4 atom stereocenters. The Bertz CT molecular complexity index is 802. The number of hydrogen-bond donors (Lipinski definition) is 1. The van der Waals surface area contributed by atoms with Crippen LogP contribution in [-0.2, 0) is 9.47 Å². The van der Waals surface area contributed by atoms with Gasteiger partial charge >= 0.3 is 0 Å². The van der Waals surface area contributed by atoms with E-state index in [0.29, 0.717) is 12.0 Å². The average molecular weight is 320 g/mol. The molecule has 2 aliphatic rings. The van der Waals surface area contributed by atoms with E-state index in [4.69, 9.17) is 14.9 Å². The molecular weight excluding hydrogens is 304 g/mol. The third kappa shape index (κ3) is 1.53. The molecule has 0 unspecified atom stereocenters. The van der Waals surface area contributed by atoms with Gasteiger partial charge in [-0.2, -0.15) is 15.8 Å². The Labute approximate surface area is 140 Å². The topological polar surface area (TPSA) is 114 Å². The summed E-state index contributed by atoms with van der Waals surface area (Å²) in [5.74, 6) is -2.17. The minimum absolute atomic E-state index is 0.360. The Morgan fingerprint density at radius 3 is 2.25 bits per heavy atom. The van der Waals surface area contributed by atoms with Crippen LogP contribution in [0.4, 0.5) is 0 Å². The van der Waals surface area contributed by atoms with Crippen LogP contribution in [0.15, 0.2) is 30.3 Å². The van der Waals surface area contributed by atoms with Crippen molar-refractivity contribution in [3.05, 3.63) is 35.9 Å². The molecule has 0 saturated carbocycles. The minimum Gasteiger partial charge on any atom is -0.447 e. The fourth-order valence-corrected chi connectivity index (χ4v) is 3.97. The van der Waals surface area contributed by atoms with Crippen LogP contribution >= 0.6 is 0 Å². The summed E-state index contributed by atoms with van der Waals surface area (Å²) in [5, 5.41) is 38.1. The van der Waals surface area contributed by atoms with Crippen molar-refractivity contribution in [3.8, 4) is 18.2 Å². The predicted octanol–water partition coefficient (Wildman–Crippen LogP) is 3.05. The number of nitrogens with one attached hydrogen (secondary N) is 1. The molecule has 1 aromatic rings. The fourth-order valence-electron chi connectivity index (χ4n) is 3.97. The molecule has 1 N–H and O–H groups in total. The number of fused-ring (bicyclic) bond motifs is 2. The van der Waals surface area contributed by atoms with Gasteiger partial charge in [-0.05, 0) is 5.56 Å². The second-order valence-corrected chi connectivity index (χ2v) is 6.18. The van der Waals surface area contributed by atoms with Crippen LogP contribution in [0, 0.1) is 56.2 Å². The van der Waals surface area contributed by atoms with E-state index in [1.165, 1.54) is 0 Å². The van der Waals surface area contributed by atoms with Crippen molar-refractivity contribution in [1.82, 2.24) is 0 Å². The molecular formula is C18H16N4O2. The smallest absolute Gasteiger partial charge is 0.217 e. The van der Waals surface area contributed by atoms with E-state index in [1.54, 1.807) is 31.2 Å². The van der Waals surface area contributed by atoms with E-state index in [1.807, 2.05) is 25.1 Å². The molecule has 0 radical (unpaired) electrons. The first-order chi connectivity index (χ1) is 11.5. The summed E-state index contributed by atoms with van der Waals surface area (Å²) in [6.07, 6.45) is -0.580. The number of benzene rings is 1. The average Bonchev–Trinajstić information content (AvgIpc) is 2.78. The van der Waals surface area contributed by atoms with Gasteiger partial charge in [0, 0.05) is 6.42 Å². The first kappa shape index (κ1) is 16.0. The van der Waals surface area contributed by atoms with Crippen molar-refractivity contribution in [2.24, 2.45) is 16.7 Å². The standard InChI is InChI=1S/C18H16N4O2/c1-3-18-12(2)17(11-21,15(22)24-18)16(9-19,10-20)14(23-18)13-7-5-4-6-8-13/h4-8,12,14,22H,3H2,1-2H3/t12-,14+,17+,18-/m1/s1. The highest BCUT2D eigenvalue weighted by Crippen LogP contribution is 2.66. The SMILES string of the molecule is CC[C@@]12OC(=N)[C@](C#N)([C@H]1C)C(C#N)(C#N)[C@H](c1ccccc1)O2. The van der Waals surface area contributed by atoms with Gasteiger partial charge in [0.15, 0.2) is 5.41 Å².